The topological polar surface area (TPSA) is 89.5 Å². The third-order valence-electron chi connectivity index (χ3n) is 5.98. The van der Waals surface area contributed by atoms with E-state index < -0.39 is 12.5 Å². The van der Waals surface area contributed by atoms with E-state index in [1.54, 1.807) is 36.4 Å². The highest BCUT2D eigenvalue weighted by atomic mass is 19.3. The van der Waals surface area contributed by atoms with Crippen LogP contribution in [0.4, 0.5) is 14.6 Å². The number of carbonyl (C=O) groups is 1. The van der Waals surface area contributed by atoms with Crippen LogP contribution in [0.5, 0.6) is 11.5 Å². The van der Waals surface area contributed by atoms with Crippen molar-refractivity contribution in [3.05, 3.63) is 60.0 Å². The van der Waals surface area contributed by atoms with Crippen molar-refractivity contribution >= 4 is 11.7 Å². The molecule has 2 atom stereocenters. The first-order chi connectivity index (χ1) is 16.8. The lowest BCUT2D eigenvalue weighted by Gasteiger charge is -2.22. The Hall–Kier alpha value is -3.82. The van der Waals surface area contributed by atoms with Crippen LogP contribution in [0.1, 0.15) is 30.5 Å². The molecule has 8 nitrogen and oxygen atoms in total. The number of nitrogens with zero attached hydrogens (tertiary/aromatic N) is 4. The van der Waals surface area contributed by atoms with Gasteiger partial charge >= 0.3 is 6.61 Å². The number of ether oxygens (including phenoxy) is 2. The summed E-state index contributed by atoms with van der Waals surface area (Å²) in [6.07, 6.45) is 4.15. The maximum atomic E-state index is 13.2. The fourth-order valence-electron chi connectivity index (χ4n) is 4.15. The third-order valence-corrected chi connectivity index (χ3v) is 5.98. The van der Waals surface area contributed by atoms with E-state index in [0.29, 0.717) is 30.2 Å². The number of aryl methyl sites for hydroxylation is 1. The summed E-state index contributed by atoms with van der Waals surface area (Å²) in [4.78, 5) is 28.1. The molecule has 0 radical (unpaired) electrons. The molecular weight excluding hydrogens is 456 g/mol. The van der Waals surface area contributed by atoms with Gasteiger partial charge in [0.2, 0.25) is 5.91 Å². The molecule has 184 valence electrons. The Balaban J connectivity index is 1.40. The Labute approximate surface area is 202 Å². The van der Waals surface area contributed by atoms with Crippen LogP contribution >= 0.6 is 0 Å². The van der Waals surface area contributed by atoms with Crippen molar-refractivity contribution in [3.63, 3.8) is 0 Å². The quantitative estimate of drug-likeness (QED) is 0.512. The minimum Gasteiger partial charge on any atom is -0.497 e. The highest BCUT2D eigenvalue weighted by molar-refractivity contribution is 5.84. The molecule has 0 aliphatic carbocycles. The Morgan fingerprint density at radius 3 is 2.60 bits per heavy atom. The number of alkyl halides is 2. The number of nitrogens with one attached hydrogen (secondary N) is 1. The highest BCUT2D eigenvalue weighted by Gasteiger charge is 2.30. The number of methoxy groups -OCH3 is 1. The molecule has 1 amide bonds. The van der Waals surface area contributed by atoms with Gasteiger partial charge in [-0.2, -0.15) is 8.78 Å². The van der Waals surface area contributed by atoms with E-state index in [1.807, 2.05) is 19.1 Å². The summed E-state index contributed by atoms with van der Waals surface area (Å²) >= 11 is 0. The summed E-state index contributed by atoms with van der Waals surface area (Å²) in [6, 6.07) is 10.1. The molecule has 3 aromatic rings. The Morgan fingerprint density at radius 1 is 1.17 bits per heavy atom. The number of halogens is 2. The Kier molecular flexibility index (Phi) is 7.38. The van der Waals surface area contributed by atoms with E-state index in [1.165, 1.54) is 19.2 Å². The van der Waals surface area contributed by atoms with Crippen molar-refractivity contribution < 1.29 is 23.0 Å². The van der Waals surface area contributed by atoms with Crippen molar-refractivity contribution in [2.75, 3.05) is 25.5 Å². The molecule has 1 aromatic carbocycles. The van der Waals surface area contributed by atoms with Gasteiger partial charge in [-0.3, -0.25) is 4.79 Å². The van der Waals surface area contributed by atoms with Crippen molar-refractivity contribution in [2.24, 2.45) is 0 Å². The standard InChI is InChI=1S/C25H27F2N5O3/c1-15(17-11-19(34-3)13-20(12-17)35-25(26)27)24(33)32-10-7-18(14-32)31-22-6-5-21(16(2)30-22)23-28-8-4-9-29-23/h4-6,8-9,11-13,15,18,25H,7,10,14H2,1-3H3,(H,30,31)/t15?,18-/m0/s1. The molecular formula is C25H27F2N5O3. The SMILES string of the molecule is COc1cc(OC(F)F)cc(C(C)C(=O)N2CC[C@H](Nc3ccc(-c4ncccn4)c(C)n3)C2)c1. The first-order valence-corrected chi connectivity index (χ1v) is 11.3. The number of rotatable bonds is 8. The zero-order valence-electron chi connectivity index (χ0n) is 19.7. The molecule has 3 heterocycles. The van der Waals surface area contributed by atoms with Gasteiger partial charge < -0.3 is 19.7 Å². The second-order valence-electron chi connectivity index (χ2n) is 8.36. The maximum absolute atomic E-state index is 13.2. The van der Waals surface area contributed by atoms with Crippen LogP contribution in [-0.4, -0.2) is 58.6 Å². The average molecular weight is 484 g/mol. The molecule has 1 aliphatic rings. The van der Waals surface area contributed by atoms with Gasteiger partial charge in [0.15, 0.2) is 5.82 Å². The second-order valence-corrected chi connectivity index (χ2v) is 8.36. The van der Waals surface area contributed by atoms with Crippen molar-refractivity contribution in [1.29, 1.82) is 0 Å². The molecule has 0 spiro atoms. The first kappa shape index (κ1) is 24.3. The minimum absolute atomic E-state index is 0.0410. The molecule has 0 bridgehead atoms. The molecule has 4 rings (SSSR count). The van der Waals surface area contributed by atoms with Crippen molar-refractivity contribution in [1.82, 2.24) is 19.9 Å². The number of benzene rings is 1. The molecule has 0 saturated carbocycles. The van der Waals surface area contributed by atoms with Gasteiger partial charge in [-0.05, 0) is 56.2 Å². The summed E-state index contributed by atoms with van der Waals surface area (Å²) in [7, 11) is 1.43. The number of hydrogen-bond acceptors (Lipinski definition) is 7. The zero-order valence-corrected chi connectivity index (χ0v) is 19.7. The van der Waals surface area contributed by atoms with Gasteiger partial charge in [-0.1, -0.05) is 0 Å². The number of amides is 1. The normalized spacial score (nSPS) is 16.3. The number of anilines is 1. The number of likely N-dealkylation sites (tertiary alicyclic amines) is 1. The van der Waals surface area contributed by atoms with E-state index >= 15 is 0 Å². The first-order valence-electron chi connectivity index (χ1n) is 11.3. The molecule has 1 saturated heterocycles. The number of hydrogen-bond donors (Lipinski definition) is 1. The Morgan fingerprint density at radius 2 is 1.91 bits per heavy atom. The predicted octanol–water partition coefficient (Wildman–Crippen LogP) is 4.27. The van der Waals surface area contributed by atoms with Gasteiger partial charge in [-0.25, -0.2) is 15.0 Å². The van der Waals surface area contributed by atoms with Gasteiger partial charge in [-0.15, -0.1) is 0 Å². The lowest BCUT2D eigenvalue weighted by atomic mass is 9.99. The van der Waals surface area contributed by atoms with Gasteiger partial charge in [0.1, 0.15) is 17.3 Å². The fourth-order valence-corrected chi connectivity index (χ4v) is 4.15. The van der Waals surface area contributed by atoms with Crippen LogP contribution in [0.3, 0.4) is 0 Å². The van der Waals surface area contributed by atoms with Crippen LogP contribution in [0.25, 0.3) is 11.4 Å². The zero-order chi connectivity index (χ0) is 24.9. The minimum atomic E-state index is -2.96. The lowest BCUT2D eigenvalue weighted by Crippen LogP contribution is -2.34. The van der Waals surface area contributed by atoms with Crippen LogP contribution in [0.2, 0.25) is 0 Å². The Bertz CT molecular complexity index is 1180. The van der Waals surface area contributed by atoms with Gasteiger partial charge in [0, 0.05) is 43.2 Å². The van der Waals surface area contributed by atoms with Crippen LogP contribution < -0.4 is 14.8 Å². The predicted molar refractivity (Wildman–Crippen MR) is 127 cm³/mol. The summed E-state index contributed by atoms with van der Waals surface area (Å²) < 4.78 is 35.1. The highest BCUT2D eigenvalue weighted by Crippen LogP contribution is 2.30. The number of pyridine rings is 1. The van der Waals surface area contributed by atoms with Crippen molar-refractivity contribution in [3.8, 4) is 22.9 Å². The van der Waals surface area contributed by atoms with E-state index in [4.69, 9.17) is 4.74 Å². The van der Waals surface area contributed by atoms with Gasteiger partial charge in [0.05, 0.1) is 18.7 Å². The van der Waals surface area contributed by atoms with E-state index in [-0.39, 0.29) is 17.7 Å². The smallest absolute Gasteiger partial charge is 0.387 e. The van der Waals surface area contributed by atoms with E-state index in [0.717, 1.165) is 23.5 Å². The molecule has 1 aliphatic heterocycles. The third kappa shape index (κ3) is 5.82. The van der Waals surface area contributed by atoms with Crippen LogP contribution in [0, 0.1) is 6.92 Å². The molecule has 1 unspecified atom stereocenters. The van der Waals surface area contributed by atoms with Crippen molar-refractivity contribution in [2.45, 2.75) is 38.8 Å². The van der Waals surface area contributed by atoms with Crippen LogP contribution in [-0.2, 0) is 4.79 Å². The fraction of sp³-hybridized carbons (Fsp3) is 0.360. The molecule has 2 aromatic heterocycles. The van der Waals surface area contributed by atoms with Crippen LogP contribution in [0.15, 0.2) is 48.8 Å². The van der Waals surface area contributed by atoms with E-state index in [2.05, 4.69) is 25.0 Å². The maximum Gasteiger partial charge on any atom is 0.387 e. The average Bonchev–Trinajstić information content (AvgIpc) is 3.31. The lowest BCUT2D eigenvalue weighted by molar-refractivity contribution is -0.131. The van der Waals surface area contributed by atoms with Gasteiger partial charge in [0.25, 0.3) is 0 Å². The summed E-state index contributed by atoms with van der Waals surface area (Å²) in [5.41, 5.74) is 2.22. The summed E-state index contributed by atoms with van der Waals surface area (Å²) in [6.45, 7) is 1.79. The molecule has 35 heavy (non-hydrogen) atoms. The molecule has 1 N–H and O–H groups in total. The summed E-state index contributed by atoms with van der Waals surface area (Å²) in [5, 5.41) is 3.40. The largest absolute Gasteiger partial charge is 0.497 e. The molecule has 10 heteroatoms. The molecule has 1 fully saturated rings. The monoisotopic (exact) mass is 483 g/mol. The number of aromatic nitrogens is 3. The summed E-state index contributed by atoms with van der Waals surface area (Å²) in [5.74, 6) is 1.01. The van der Waals surface area contributed by atoms with E-state index in [9.17, 15) is 13.6 Å². The second kappa shape index (κ2) is 10.6. The number of carbonyl (C=O) groups excluding carboxylic acids is 1.